The van der Waals surface area contributed by atoms with Crippen LogP contribution in [0.2, 0.25) is 0 Å². The number of rotatable bonds is 7. The van der Waals surface area contributed by atoms with Gasteiger partial charge in [-0.05, 0) is 56.3 Å². The third-order valence-electron chi connectivity index (χ3n) is 6.23. The van der Waals surface area contributed by atoms with Crippen LogP contribution in [0, 0.1) is 16.7 Å². The van der Waals surface area contributed by atoms with Gasteiger partial charge in [0, 0.05) is 47.7 Å². The molecule has 0 fully saturated rings. The lowest BCUT2D eigenvalue weighted by Gasteiger charge is -2.23. The van der Waals surface area contributed by atoms with Crippen molar-refractivity contribution in [1.82, 2.24) is 30.7 Å². The Labute approximate surface area is 214 Å². The fraction of sp³-hybridized carbons (Fsp3) is 0.231. The van der Waals surface area contributed by atoms with Crippen molar-refractivity contribution in [3.63, 3.8) is 0 Å². The van der Waals surface area contributed by atoms with Gasteiger partial charge in [0.25, 0.3) is 0 Å². The molecule has 0 aliphatic carbocycles. The number of anilines is 2. The smallest absolute Gasteiger partial charge is 0.140 e. The Kier molecular flexibility index (Phi) is 6.59. The molecule has 1 unspecified atom stereocenters. The summed E-state index contributed by atoms with van der Waals surface area (Å²) >= 11 is 0. The highest BCUT2D eigenvalue weighted by molar-refractivity contribution is 6.10. The lowest BCUT2D eigenvalue weighted by Crippen LogP contribution is -2.34. The zero-order valence-corrected chi connectivity index (χ0v) is 20.6. The minimum atomic E-state index is -0.755. The molecule has 1 atom stereocenters. The van der Waals surface area contributed by atoms with Crippen LogP contribution in [-0.4, -0.2) is 38.4 Å². The number of hydrazine groups is 1. The Hall–Kier alpha value is -4.66. The molecule has 11 heteroatoms. The van der Waals surface area contributed by atoms with Gasteiger partial charge >= 0.3 is 0 Å². The Bertz CT molecular complexity index is 1510. The van der Waals surface area contributed by atoms with Crippen LogP contribution in [-0.2, 0) is 0 Å². The maximum atomic E-state index is 10.4. The number of aliphatic hydroxyl groups excluding tert-OH is 1. The van der Waals surface area contributed by atoms with E-state index >= 15 is 0 Å². The van der Waals surface area contributed by atoms with Gasteiger partial charge in [0.05, 0.1) is 17.1 Å². The molecule has 0 saturated carbocycles. The molecule has 2 aromatic heterocycles. The summed E-state index contributed by atoms with van der Waals surface area (Å²) < 4.78 is 1.89. The Morgan fingerprint density at radius 3 is 2.84 bits per heavy atom. The van der Waals surface area contributed by atoms with Gasteiger partial charge in [-0.25, -0.2) is 9.97 Å². The number of hydrogen-bond donors (Lipinski definition) is 7. The van der Waals surface area contributed by atoms with Crippen LogP contribution in [0.15, 0.2) is 71.6 Å². The average Bonchev–Trinajstić information content (AvgIpc) is 3.33. The van der Waals surface area contributed by atoms with Crippen molar-refractivity contribution in [3.8, 4) is 11.9 Å². The summed E-state index contributed by atoms with van der Waals surface area (Å²) in [5, 5.41) is 37.5. The van der Waals surface area contributed by atoms with Gasteiger partial charge in [-0.15, -0.1) is 0 Å². The Morgan fingerprint density at radius 2 is 2.08 bits per heavy atom. The predicted octanol–water partition coefficient (Wildman–Crippen LogP) is 2.94. The molecule has 0 radical (unpaired) electrons. The minimum absolute atomic E-state index is 0.0874. The first-order valence-corrected chi connectivity index (χ1v) is 12.0. The second-order valence-electron chi connectivity index (χ2n) is 8.90. The van der Waals surface area contributed by atoms with Crippen molar-refractivity contribution in [3.05, 3.63) is 77.2 Å². The van der Waals surface area contributed by atoms with Gasteiger partial charge in [0.1, 0.15) is 35.6 Å². The van der Waals surface area contributed by atoms with E-state index in [1.165, 1.54) is 0 Å². The van der Waals surface area contributed by atoms with Crippen LogP contribution in [0.1, 0.15) is 31.9 Å². The van der Waals surface area contributed by atoms with Crippen LogP contribution in [0.3, 0.4) is 0 Å². The number of aliphatic hydroxyl groups is 1. The number of allylic oxidation sites excluding steroid dienone is 3. The largest absolute Gasteiger partial charge is 0.389 e. The maximum Gasteiger partial charge on any atom is 0.140 e. The lowest BCUT2D eigenvalue weighted by molar-refractivity contribution is 0.199. The molecule has 3 aromatic rings. The average molecular weight is 497 g/mol. The van der Waals surface area contributed by atoms with E-state index in [0.29, 0.717) is 35.7 Å². The van der Waals surface area contributed by atoms with E-state index < -0.39 is 6.10 Å². The van der Waals surface area contributed by atoms with E-state index in [4.69, 9.17) is 10.4 Å². The van der Waals surface area contributed by atoms with E-state index in [1.54, 1.807) is 13.3 Å². The molecule has 7 N–H and O–H groups in total. The fourth-order valence-electron chi connectivity index (χ4n) is 4.26. The van der Waals surface area contributed by atoms with Crippen molar-refractivity contribution in [2.45, 2.75) is 26.4 Å². The molecule has 2 aliphatic rings. The number of imidazole rings is 1. The summed E-state index contributed by atoms with van der Waals surface area (Å²) in [4.78, 5) is 9.39. The fourth-order valence-corrected chi connectivity index (χ4v) is 4.26. The number of hydrogen-bond acceptors (Lipinski definition) is 10. The zero-order chi connectivity index (χ0) is 25.9. The van der Waals surface area contributed by atoms with Crippen LogP contribution < -0.4 is 26.8 Å². The van der Waals surface area contributed by atoms with E-state index in [1.807, 2.05) is 60.0 Å². The molecule has 0 bridgehead atoms. The van der Waals surface area contributed by atoms with Crippen LogP contribution >= 0.6 is 0 Å². The topological polar surface area (TPSA) is 159 Å². The van der Waals surface area contributed by atoms with Gasteiger partial charge in [-0.3, -0.25) is 15.4 Å². The molecule has 2 aliphatic heterocycles. The summed E-state index contributed by atoms with van der Waals surface area (Å²) in [6.07, 6.45) is 5.51. The van der Waals surface area contributed by atoms with Crippen molar-refractivity contribution in [2.24, 2.45) is 0 Å². The van der Waals surface area contributed by atoms with E-state index in [9.17, 15) is 10.4 Å². The summed E-state index contributed by atoms with van der Waals surface area (Å²) in [7, 11) is 0. The maximum absolute atomic E-state index is 10.4. The minimum Gasteiger partial charge on any atom is -0.389 e. The van der Waals surface area contributed by atoms with Crippen LogP contribution in [0.5, 0.6) is 0 Å². The number of nitrogens with zero attached hydrogens (tertiary/aromatic N) is 4. The van der Waals surface area contributed by atoms with E-state index in [2.05, 4.69) is 31.8 Å². The van der Waals surface area contributed by atoms with Gasteiger partial charge in [0.15, 0.2) is 0 Å². The molecular weight excluding hydrogens is 468 g/mol. The quantitative estimate of drug-likeness (QED) is 0.244. The highest BCUT2D eigenvalue weighted by Gasteiger charge is 2.20. The van der Waals surface area contributed by atoms with Gasteiger partial charge in [-0.1, -0.05) is 0 Å². The summed E-state index contributed by atoms with van der Waals surface area (Å²) in [6.45, 7) is 4.80. The highest BCUT2D eigenvalue weighted by Crippen LogP contribution is 2.28. The number of fused-ring (bicyclic) bond motifs is 1. The molecule has 4 heterocycles. The van der Waals surface area contributed by atoms with Crippen molar-refractivity contribution in [2.75, 3.05) is 23.7 Å². The van der Waals surface area contributed by atoms with Crippen molar-refractivity contribution >= 4 is 28.3 Å². The standard InChI is InChI=1S/C26H28N10O/c1-15-3-7-24(35-34-15)31-17-4-6-23-22(11-17)30-14-36(23)25-8-5-18(16(2)37)26(33-25)32-21-9-10-29-13-19(21)20(28)12-27/h3-8,11,14,16,28-29,31,34-35,37H,9-10,13H2,1-2H3,(H,32,33). The number of nitriles is 1. The highest BCUT2D eigenvalue weighted by atomic mass is 16.3. The SMILES string of the molecule is CC1=CC=C(Nc2ccc3c(c2)ncn3-c2ccc(C(C)O)c(NC3=C(C(=N)C#N)CNCC3)n2)NN1. The second-order valence-corrected chi connectivity index (χ2v) is 8.90. The summed E-state index contributed by atoms with van der Waals surface area (Å²) in [5.41, 5.74) is 11.6. The van der Waals surface area contributed by atoms with E-state index in [0.717, 1.165) is 40.5 Å². The molecule has 0 spiro atoms. The normalized spacial score (nSPS) is 16.2. The van der Waals surface area contributed by atoms with Crippen LogP contribution in [0.25, 0.3) is 16.9 Å². The lowest BCUT2D eigenvalue weighted by atomic mass is 10.0. The number of nitrogens with one attached hydrogen (secondary N) is 6. The first-order valence-electron chi connectivity index (χ1n) is 12.0. The zero-order valence-electron chi connectivity index (χ0n) is 20.6. The summed E-state index contributed by atoms with van der Waals surface area (Å²) in [5.74, 6) is 1.94. The molecule has 5 rings (SSSR count). The molecule has 0 saturated heterocycles. The van der Waals surface area contributed by atoms with Gasteiger partial charge < -0.3 is 26.5 Å². The molecular formula is C26H28N10O. The first-order chi connectivity index (χ1) is 17.9. The third kappa shape index (κ3) is 5.02. The second kappa shape index (κ2) is 10.1. The molecule has 188 valence electrons. The predicted molar refractivity (Wildman–Crippen MR) is 143 cm³/mol. The van der Waals surface area contributed by atoms with Gasteiger partial charge in [0.2, 0.25) is 0 Å². The molecule has 1 aromatic carbocycles. The van der Waals surface area contributed by atoms with E-state index in [-0.39, 0.29) is 5.71 Å². The monoisotopic (exact) mass is 496 g/mol. The van der Waals surface area contributed by atoms with Crippen molar-refractivity contribution < 1.29 is 5.11 Å². The first kappa shape index (κ1) is 24.1. The Balaban J connectivity index is 1.48. The third-order valence-corrected chi connectivity index (χ3v) is 6.23. The summed E-state index contributed by atoms with van der Waals surface area (Å²) in [6, 6.07) is 11.5. The molecule has 37 heavy (non-hydrogen) atoms. The molecule has 0 amide bonds. The molecule has 11 nitrogen and oxygen atoms in total. The van der Waals surface area contributed by atoms with Gasteiger partial charge in [-0.2, -0.15) is 5.26 Å². The number of pyridine rings is 1. The Morgan fingerprint density at radius 1 is 1.22 bits per heavy atom. The van der Waals surface area contributed by atoms with Crippen LogP contribution in [0.4, 0.5) is 11.5 Å². The number of aromatic nitrogens is 3. The van der Waals surface area contributed by atoms with Crippen molar-refractivity contribution in [1.29, 1.82) is 10.7 Å². The number of benzene rings is 1.